The van der Waals surface area contributed by atoms with Gasteiger partial charge in [-0.05, 0) is 83.5 Å². The number of carbonyl (C=O) groups excluding carboxylic acids is 2. The average Bonchev–Trinajstić information content (AvgIpc) is 2.90. The third kappa shape index (κ3) is 9.09. The van der Waals surface area contributed by atoms with E-state index in [9.17, 15) is 18.0 Å². The van der Waals surface area contributed by atoms with Crippen molar-refractivity contribution in [1.29, 1.82) is 0 Å². The van der Waals surface area contributed by atoms with E-state index in [0.29, 0.717) is 27.7 Å². The molecule has 3 rings (SSSR count). The Morgan fingerprint density at radius 1 is 1.00 bits per heavy atom. The van der Waals surface area contributed by atoms with E-state index < -0.39 is 28.5 Å². The Morgan fingerprint density at radius 2 is 1.65 bits per heavy atom. The number of carbonyl (C=O) groups is 2. The third-order valence-corrected chi connectivity index (χ3v) is 8.87. The van der Waals surface area contributed by atoms with Gasteiger partial charge in [0, 0.05) is 32.6 Å². The van der Waals surface area contributed by atoms with Crippen molar-refractivity contribution in [3.05, 3.63) is 97.5 Å². The Hall–Kier alpha value is -2.34. The predicted molar refractivity (Wildman–Crippen MR) is 170 cm³/mol. The van der Waals surface area contributed by atoms with Gasteiger partial charge in [-0.1, -0.05) is 66.5 Å². The van der Waals surface area contributed by atoms with Gasteiger partial charge in [0.05, 0.1) is 11.9 Å². The van der Waals surface area contributed by atoms with Gasteiger partial charge in [-0.15, -0.1) is 0 Å². The number of hydrogen-bond donors (Lipinski definition) is 1. The molecule has 0 aliphatic rings. The highest BCUT2D eigenvalue weighted by atomic mass is 127. The number of rotatable bonds is 12. The molecule has 11 heteroatoms. The van der Waals surface area contributed by atoms with Gasteiger partial charge in [-0.2, -0.15) is 0 Å². The van der Waals surface area contributed by atoms with Crippen molar-refractivity contribution in [2.45, 2.75) is 45.3 Å². The second-order valence-electron chi connectivity index (χ2n) is 9.53. The Bertz CT molecular complexity index is 1420. The van der Waals surface area contributed by atoms with Crippen LogP contribution in [0.3, 0.4) is 0 Å². The SMILES string of the molecule is CC[C@@H](C)NC(=O)[C@H](Cc1ccccc1)N(Cc1ccc(Cl)cc1Cl)C(=O)CN(c1ccc(I)cc1)S(C)(=O)=O. The van der Waals surface area contributed by atoms with Crippen molar-refractivity contribution in [3.8, 4) is 0 Å². The van der Waals surface area contributed by atoms with Crippen LogP contribution in [-0.4, -0.2) is 50.0 Å². The molecule has 2 atom stereocenters. The van der Waals surface area contributed by atoms with Crippen molar-refractivity contribution < 1.29 is 18.0 Å². The predicted octanol–water partition coefficient (Wildman–Crippen LogP) is 5.92. The molecule has 7 nitrogen and oxygen atoms in total. The van der Waals surface area contributed by atoms with Crippen LogP contribution in [0.5, 0.6) is 0 Å². The van der Waals surface area contributed by atoms with Gasteiger partial charge >= 0.3 is 0 Å². The van der Waals surface area contributed by atoms with E-state index in [4.69, 9.17) is 23.2 Å². The van der Waals surface area contributed by atoms with E-state index >= 15 is 0 Å². The maximum absolute atomic E-state index is 14.1. The maximum Gasteiger partial charge on any atom is 0.244 e. The van der Waals surface area contributed by atoms with Gasteiger partial charge in [0.25, 0.3) is 0 Å². The highest BCUT2D eigenvalue weighted by Crippen LogP contribution is 2.25. The number of hydrogen-bond acceptors (Lipinski definition) is 4. The molecule has 0 heterocycles. The minimum absolute atomic E-state index is 0.0233. The van der Waals surface area contributed by atoms with Crippen LogP contribution in [0.2, 0.25) is 10.0 Å². The van der Waals surface area contributed by atoms with Crippen molar-refractivity contribution in [1.82, 2.24) is 10.2 Å². The zero-order valence-corrected chi connectivity index (χ0v) is 27.0. The van der Waals surface area contributed by atoms with Crippen molar-refractivity contribution in [2.75, 3.05) is 17.1 Å². The minimum atomic E-state index is -3.83. The van der Waals surface area contributed by atoms with E-state index in [1.807, 2.05) is 44.2 Å². The molecule has 3 aromatic carbocycles. The fourth-order valence-electron chi connectivity index (χ4n) is 4.05. The van der Waals surface area contributed by atoms with Crippen LogP contribution < -0.4 is 9.62 Å². The Kier molecular flexibility index (Phi) is 11.7. The Balaban J connectivity index is 2.08. The van der Waals surface area contributed by atoms with Crippen molar-refractivity contribution in [3.63, 3.8) is 0 Å². The molecule has 40 heavy (non-hydrogen) atoms. The quantitative estimate of drug-likeness (QED) is 0.236. The molecule has 0 radical (unpaired) electrons. The fraction of sp³-hybridized carbons (Fsp3) is 0.310. The van der Waals surface area contributed by atoms with Crippen LogP contribution in [0.15, 0.2) is 72.8 Å². The van der Waals surface area contributed by atoms with E-state index in [-0.39, 0.29) is 24.9 Å². The minimum Gasteiger partial charge on any atom is -0.352 e. The molecule has 0 fully saturated rings. The smallest absolute Gasteiger partial charge is 0.244 e. The standard InChI is InChI=1S/C29H32Cl2IN3O4S/c1-4-20(2)33-29(37)27(16-21-8-6-5-7-9-21)34(18-22-10-11-23(30)17-26(22)31)28(36)19-35(40(3,38)39)25-14-12-24(32)13-15-25/h5-15,17,20,27H,4,16,18-19H2,1-3H3,(H,33,37)/t20-,27+/m1/s1. The normalized spacial score (nSPS) is 12.8. The first-order valence-corrected chi connectivity index (χ1v) is 16.4. The summed E-state index contributed by atoms with van der Waals surface area (Å²) in [5, 5.41) is 3.77. The van der Waals surface area contributed by atoms with Crippen LogP contribution in [0.25, 0.3) is 0 Å². The number of benzene rings is 3. The van der Waals surface area contributed by atoms with Crippen LogP contribution in [0.1, 0.15) is 31.4 Å². The van der Waals surface area contributed by atoms with E-state index in [2.05, 4.69) is 27.9 Å². The maximum atomic E-state index is 14.1. The van der Waals surface area contributed by atoms with Crippen LogP contribution in [0.4, 0.5) is 5.69 Å². The molecule has 0 aliphatic carbocycles. The van der Waals surface area contributed by atoms with E-state index in [1.54, 1.807) is 42.5 Å². The summed E-state index contributed by atoms with van der Waals surface area (Å²) >= 11 is 14.7. The third-order valence-electron chi connectivity index (χ3n) is 6.42. The highest BCUT2D eigenvalue weighted by Gasteiger charge is 2.33. The molecular weight excluding hydrogens is 684 g/mol. The summed E-state index contributed by atoms with van der Waals surface area (Å²) in [7, 11) is -3.83. The molecule has 0 aromatic heterocycles. The summed E-state index contributed by atoms with van der Waals surface area (Å²) in [6.45, 7) is 3.33. The summed E-state index contributed by atoms with van der Waals surface area (Å²) in [5.74, 6) is -0.882. The van der Waals surface area contributed by atoms with Gasteiger partial charge in [0.2, 0.25) is 21.8 Å². The molecule has 0 spiro atoms. The molecular formula is C29H32Cl2IN3O4S. The van der Waals surface area contributed by atoms with E-state index in [1.165, 1.54) is 4.90 Å². The van der Waals surface area contributed by atoms with Gasteiger partial charge in [-0.25, -0.2) is 8.42 Å². The summed E-state index contributed by atoms with van der Waals surface area (Å²) in [4.78, 5) is 29.2. The first kappa shape index (κ1) is 32.2. The lowest BCUT2D eigenvalue weighted by Crippen LogP contribution is -2.54. The van der Waals surface area contributed by atoms with Gasteiger partial charge in [-0.3, -0.25) is 13.9 Å². The topological polar surface area (TPSA) is 86.8 Å². The Morgan fingerprint density at radius 3 is 2.23 bits per heavy atom. The summed E-state index contributed by atoms with van der Waals surface area (Å²) in [6, 6.07) is 20.1. The van der Waals surface area contributed by atoms with E-state index in [0.717, 1.165) is 19.7 Å². The summed E-state index contributed by atoms with van der Waals surface area (Å²) in [5.41, 5.74) is 1.78. The largest absolute Gasteiger partial charge is 0.352 e. The number of amides is 2. The number of anilines is 1. The first-order chi connectivity index (χ1) is 18.9. The average molecular weight is 716 g/mol. The number of sulfonamides is 1. The van der Waals surface area contributed by atoms with Crippen LogP contribution in [0, 0.1) is 3.57 Å². The zero-order chi connectivity index (χ0) is 29.4. The number of halogens is 3. The number of nitrogens with one attached hydrogen (secondary N) is 1. The monoisotopic (exact) mass is 715 g/mol. The first-order valence-electron chi connectivity index (χ1n) is 12.7. The molecule has 3 aromatic rings. The fourth-order valence-corrected chi connectivity index (χ4v) is 5.73. The second kappa shape index (κ2) is 14.5. The molecule has 0 saturated heterocycles. The lowest BCUT2D eigenvalue weighted by molar-refractivity contribution is -0.140. The summed E-state index contributed by atoms with van der Waals surface area (Å²) in [6.07, 6.45) is 1.98. The number of nitrogens with zero attached hydrogens (tertiary/aromatic N) is 2. The van der Waals surface area contributed by atoms with Gasteiger partial charge in [0.15, 0.2) is 0 Å². The highest BCUT2D eigenvalue weighted by molar-refractivity contribution is 14.1. The Labute approximate surface area is 260 Å². The molecule has 0 bridgehead atoms. The second-order valence-corrected chi connectivity index (χ2v) is 13.5. The van der Waals surface area contributed by atoms with Crippen molar-refractivity contribution in [2.24, 2.45) is 0 Å². The van der Waals surface area contributed by atoms with Crippen LogP contribution >= 0.6 is 45.8 Å². The molecule has 0 unspecified atom stereocenters. The molecule has 1 N–H and O–H groups in total. The molecule has 0 aliphatic heterocycles. The zero-order valence-electron chi connectivity index (χ0n) is 22.5. The van der Waals surface area contributed by atoms with Gasteiger partial charge in [0.1, 0.15) is 12.6 Å². The molecule has 214 valence electrons. The van der Waals surface area contributed by atoms with Crippen molar-refractivity contribution >= 4 is 73.3 Å². The molecule has 2 amide bonds. The van der Waals surface area contributed by atoms with Crippen LogP contribution in [-0.2, 0) is 32.6 Å². The van der Waals surface area contributed by atoms with Gasteiger partial charge < -0.3 is 10.2 Å². The lowest BCUT2D eigenvalue weighted by atomic mass is 10.0. The summed E-state index contributed by atoms with van der Waals surface area (Å²) < 4.78 is 27.7. The molecule has 0 saturated carbocycles. The lowest BCUT2D eigenvalue weighted by Gasteiger charge is -2.34.